The highest BCUT2D eigenvalue weighted by Gasteiger charge is 2.19. The molecule has 0 atom stereocenters. The Hall–Kier alpha value is -2.89. The van der Waals surface area contributed by atoms with Crippen LogP contribution in [-0.2, 0) is 6.54 Å². The number of aliphatic imine (C=N–C) groups is 1. The van der Waals surface area contributed by atoms with Crippen LogP contribution < -0.4 is 19.7 Å². The van der Waals surface area contributed by atoms with Crippen LogP contribution in [0.5, 0.6) is 11.5 Å². The number of hydrogen-bond acceptors (Lipinski definition) is 4. The van der Waals surface area contributed by atoms with Crippen molar-refractivity contribution in [1.82, 2.24) is 10.2 Å². The van der Waals surface area contributed by atoms with Gasteiger partial charge in [0.2, 0.25) is 0 Å². The molecular weight excluding hydrogens is 352 g/mol. The number of benzene rings is 2. The van der Waals surface area contributed by atoms with Gasteiger partial charge in [-0.05, 0) is 36.8 Å². The van der Waals surface area contributed by atoms with Gasteiger partial charge in [0.1, 0.15) is 0 Å². The van der Waals surface area contributed by atoms with E-state index in [-0.39, 0.29) is 0 Å². The summed E-state index contributed by atoms with van der Waals surface area (Å²) in [5, 5.41) is 3.43. The van der Waals surface area contributed by atoms with Gasteiger partial charge in [0.25, 0.3) is 0 Å². The standard InChI is InChI=1S/C22H30N4O2/c1-4-23-22(24-17-18-10-11-20(27-2)21(16-18)28-3)26-14-12-25(13-15-26)19-8-6-5-7-9-19/h5-11,16H,4,12-15,17H2,1-3H3,(H,23,24). The first-order valence-electron chi connectivity index (χ1n) is 9.79. The number of guanidine groups is 1. The summed E-state index contributed by atoms with van der Waals surface area (Å²) >= 11 is 0. The SMILES string of the molecule is CCNC(=NCc1ccc(OC)c(OC)c1)N1CCN(c2ccccc2)CC1. The molecule has 1 saturated heterocycles. The Balaban J connectivity index is 1.65. The summed E-state index contributed by atoms with van der Waals surface area (Å²) in [5.41, 5.74) is 2.38. The van der Waals surface area contributed by atoms with Gasteiger partial charge in [-0.3, -0.25) is 0 Å². The monoisotopic (exact) mass is 382 g/mol. The molecular formula is C22H30N4O2. The van der Waals surface area contributed by atoms with E-state index in [0.717, 1.165) is 55.7 Å². The summed E-state index contributed by atoms with van der Waals surface area (Å²) in [6.07, 6.45) is 0. The number of anilines is 1. The Kier molecular flexibility index (Phi) is 7.00. The smallest absolute Gasteiger partial charge is 0.194 e. The average molecular weight is 383 g/mol. The van der Waals surface area contributed by atoms with Gasteiger partial charge < -0.3 is 24.6 Å². The van der Waals surface area contributed by atoms with E-state index in [4.69, 9.17) is 14.5 Å². The molecule has 0 aromatic heterocycles. The van der Waals surface area contributed by atoms with Crippen LogP contribution >= 0.6 is 0 Å². The Bertz CT molecular complexity index is 771. The van der Waals surface area contributed by atoms with E-state index >= 15 is 0 Å². The van der Waals surface area contributed by atoms with Crippen LogP contribution in [0.3, 0.4) is 0 Å². The Morgan fingerprint density at radius 1 is 0.964 bits per heavy atom. The first-order valence-corrected chi connectivity index (χ1v) is 9.79. The second-order valence-corrected chi connectivity index (χ2v) is 6.67. The zero-order chi connectivity index (χ0) is 19.8. The highest BCUT2D eigenvalue weighted by atomic mass is 16.5. The summed E-state index contributed by atoms with van der Waals surface area (Å²) in [4.78, 5) is 9.61. The molecule has 0 saturated carbocycles. The summed E-state index contributed by atoms with van der Waals surface area (Å²) in [6, 6.07) is 16.5. The predicted octanol–water partition coefficient (Wildman–Crippen LogP) is 2.99. The van der Waals surface area contributed by atoms with Crippen molar-refractivity contribution in [2.75, 3.05) is 51.8 Å². The van der Waals surface area contributed by atoms with Gasteiger partial charge >= 0.3 is 0 Å². The molecule has 1 heterocycles. The number of para-hydroxylation sites is 1. The molecule has 6 nitrogen and oxygen atoms in total. The molecule has 2 aromatic rings. The molecule has 6 heteroatoms. The second kappa shape index (κ2) is 9.88. The maximum atomic E-state index is 5.40. The van der Waals surface area contributed by atoms with Crippen molar-refractivity contribution in [2.45, 2.75) is 13.5 Å². The number of rotatable bonds is 6. The van der Waals surface area contributed by atoms with Gasteiger partial charge in [0.05, 0.1) is 20.8 Å². The van der Waals surface area contributed by atoms with Gasteiger partial charge in [-0.1, -0.05) is 24.3 Å². The fourth-order valence-corrected chi connectivity index (χ4v) is 3.39. The highest BCUT2D eigenvalue weighted by Crippen LogP contribution is 2.27. The summed E-state index contributed by atoms with van der Waals surface area (Å²) in [5.74, 6) is 2.43. The third-order valence-electron chi connectivity index (χ3n) is 4.89. The van der Waals surface area contributed by atoms with Crippen LogP contribution in [0.1, 0.15) is 12.5 Å². The van der Waals surface area contributed by atoms with E-state index in [1.54, 1.807) is 14.2 Å². The van der Waals surface area contributed by atoms with Gasteiger partial charge in [-0.15, -0.1) is 0 Å². The summed E-state index contributed by atoms with van der Waals surface area (Å²) < 4.78 is 10.7. The minimum absolute atomic E-state index is 0.599. The Labute approximate surface area is 167 Å². The molecule has 2 aromatic carbocycles. The molecule has 0 radical (unpaired) electrons. The van der Waals surface area contributed by atoms with E-state index in [9.17, 15) is 0 Å². The fourth-order valence-electron chi connectivity index (χ4n) is 3.39. The molecule has 0 bridgehead atoms. The minimum Gasteiger partial charge on any atom is -0.493 e. The van der Waals surface area contributed by atoms with Gasteiger partial charge in [-0.2, -0.15) is 0 Å². The quantitative estimate of drug-likeness (QED) is 0.615. The number of ether oxygens (including phenoxy) is 2. The number of hydrogen-bond donors (Lipinski definition) is 1. The maximum Gasteiger partial charge on any atom is 0.194 e. The van der Waals surface area contributed by atoms with Gasteiger partial charge in [0, 0.05) is 38.4 Å². The molecule has 1 aliphatic heterocycles. The van der Waals surface area contributed by atoms with Crippen molar-refractivity contribution in [3.05, 3.63) is 54.1 Å². The lowest BCUT2D eigenvalue weighted by molar-refractivity contribution is 0.354. The van der Waals surface area contributed by atoms with Crippen molar-refractivity contribution in [2.24, 2.45) is 4.99 Å². The third kappa shape index (κ3) is 4.88. The average Bonchev–Trinajstić information content (AvgIpc) is 2.77. The minimum atomic E-state index is 0.599. The molecule has 0 aliphatic carbocycles. The molecule has 28 heavy (non-hydrogen) atoms. The first-order chi connectivity index (χ1) is 13.7. The Morgan fingerprint density at radius 2 is 1.68 bits per heavy atom. The van der Waals surface area contributed by atoms with Crippen LogP contribution in [0.15, 0.2) is 53.5 Å². The van der Waals surface area contributed by atoms with E-state index in [1.165, 1.54) is 5.69 Å². The van der Waals surface area contributed by atoms with Crippen LogP contribution in [-0.4, -0.2) is 57.8 Å². The molecule has 1 N–H and O–H groups in total. The largest absolute Gasteiger partial charge is 0.493 e. The van der Waals surface area contributed by atoms with Gasteiger partial charge in [-0.25, -0.2) is 4.99 Å². The third-order valence-corrected chi connectivity index (χ3v) is 4.89. The molecule has 150 valence electrons. The lowest BCUT2D eigenvalue weighted by Crippen LogP contribution is -2.52. The Morgan fingerprint density at radius 3 is 2.32 bits per heavy atom. The summed E-state index contributed by atoms with van der Waals surface area (Å²) in [6.45, 7) is 7.44. The van der Waals surface area contributed by atoms with E-state index in [1.807, 2.05) is 18.2 Å². The zero-order valence-corrected chi connectivity index (χ0v) is 17.0. The van der Waals surface area contributed by atoms with E-state index < -0.39 is 0 Å². The lowest BCUT2D eigenvalue weighted by Gasteiger charge is -2.37. The maximum absolute atomic E-state index is 5.40. The second-order valence-electron chi connectivity index (χ2n) is 6.67. The first kappa shape index (κ1) is 19.9. The van der Waals surface area contributed by atoms with Gasteiger partial charge in [0.15, 0.2) is 17.5 Å². The van der Waals surface area contributed by atoms with E-state index in [2.05, 4.69) is 52.4 Å². The lowest BCUT2D eigenvalue weighted by atomic mass is 10.2. The van der Waals surface area contributed by atoms with E-state index in [0.29, 0.717) is 6.54 Å². The highest BCUT2D eigenvalue weighted by molar-refractivity contribution is 5.80. The van der Waals surface area contributed by atoms with Crippen LogP contribution in [0.2, 0.25) is 0 Å². The van der Waals surface area contributed by atoms with Crippen molar-refractivity contribution in [3.63, 3.8) is 0 Å². The topological polar surface area (TPSA) is 49.3 Å². The molecule has 1 aliphatic rings. The zero-order valence-electron chi connectivity index (χ0n) is 17.0. The number of nitrogens with zero attached hydrogens (tertiary/aromatic N) is 3. The van der Waals surface area contributed by atoms with Crippen molar-refractivity contribution in [3.8, 4) is 11.5 Å². The number of nitrogens with one attached hydrogen (secondary N) is 1. The van der Waals surface area contributed by atoms with Crippen LogP contribution in [0.4, 0.5) is 5.69 Å². The fraction of sp³-hybridized carbons (Fsp3) is 0.409. The molecule has 0 amide bonds. The molecule has 1 fully saturated rings. The normalized spacial score (nSPS) is 14.8. The van der Waals surface area contributed by atoms with Crippen molar-refractivity contribution in [1.29, 1.82) is 0 Å². The predicted molar refractivity (Wildman–Crippen MR) is 115 cm³/mol. The molecule has 0 spiro atoms. The van der Waals surface area contributed by atoms with Crippen molar-refractivity contribution < 1.29 is 9.47 Å². The molecule has 0 unspecified atom stereocenters. The molecule has 3 rings (SSSR count). The van der Waals surface area contributed by atoms with Crippen LogP contribution in [0, 0.1) is 0 Å². The van der Waals surface area contributed by atoms with Crippen LogP contribution in [0.25, 0.3) is 0 Å². The van der Waals surface area contributed by atoms with Crippen molar-refractivity contribution >= 4 is 11.6 Å². The number of piperazine rings is 1. The number of methoxy groups -OCH3 is 2. The summed E-state index contributed by atoms with van der Waals surface area (Å²) in [7, 11) is 3.30.